The maximum Gasteiger partial charge on any atom is 0.275 e. The molecule has 9 heteroatoms. The first-order valence-corrected chi connectivity index (χ1v) is 13.7. The van der Waals surface area contributed by atoms with Gasteiger partial charge in [-0.25, -0.2) is 4.98 Å². The molecule has 1 saturated heterocycles. The molecular weight excluding hydrogens is 533 g/mol. The Balaban J connectivity index is 0.00000210. The molecule has 7 nitrogen and oxygen atoms in total. The lowest BCUT2D eigenvalue weighted by molar-refractivity contribution is -0.0391. The molecule has 2 heterocycles. The average molecular weight is 575 g/mol. The summed E-state index contributed by atoms with van der Waals surface area (Å²) in [5.41, 5.74) is 2.57. The number of nitrogens with one attached hydrogen (secondary N) is 2. The van der Waals surface area contributed by atoms with E-state index in [1.165, 1.54) is 5.56 Å². The van der Waals surface area contributed by atoms with Gasteiger partial charge in [0.1, 0.15) is 0 Å². The smallest absolute Gasteiger partial charge is 0.275 e. The second kappa shape index (κ2) is 14.3. The number of benzene rings is 2. The Morgan fingerprint density at radius 3 is 2.54 bits per heavy atom. The highest BCUT2D eigenvalue weighted by atomic mass is 35.5. The van der Waals surface area contributed by atoms with E-state index in [0.717, 1.165) is 63.0 Å². The van der Waals surface area contributed by atoms with Crippen molar-refractivity contribution in [2.75, 3.05) is 32.7 Å². The molecule has 2 fully saturated rings. The van der Waals surface area contributed by atoms with Gasteiger partial charge in [0.25, 0.3) is 5.91 Å². The number of imidazole rings is 1. The van der Waals surface area contributed by atoms with Gasteiger partial charge in [-0.1, -0.05) is 80.4 Å². The molecule has 3 N–H and O–H groups in total. The van der Waals surface area contributed by atoms with Crippen molar-refractivity contribution in [3.05, 3.63) is 78.2 Å². The van der Waals surface area contributed by atoms with Crippen molar-refractivity contribution in [2.45, 2.75) is 56.7 Å². The Hall–Kier alpha value is -2.42. The quantitative estimate of drug-likeness (QED) is 0.369. The van der Waals surface area contributed by atoms with E-state index < -0.39 is 5.60 Å². The second-order valence-corrected chi connectivity index (χ2v) is 10.4. The van der Waals surface area contributed by atoms with E-state index in [1.807, 2.05) is 53.4 Å². The number of hydrogen-bond donors (Lipinski definition) is 3. The number of carbonyl (C=O) groups excluding carboxylic acids is 1. The second-order valence-electron chi connectivity index (χ2n) is 10.4. The number of rotatable bonds is 8. The lowest BCUT2D eigenvalue weighted by Crippen LogP contribution is -2.54. The van der Waals surface area contributed by atoms with E-state index >= 15 is 0 Å². The molecule has 2 aromatic carbocycles. The molecule has 39 heavy (non-hydrogen) atoms. The number of halogens is 2. The van der Waals surface area contributed by atoms with Gasteiger partial charge in [-0.3, -0.25) is 4.79 Å². The van der Waals surface area contributed by atoms with Gasteiger partial charge in [0, 0.05) is 37.8 Å². The van der Waals surface area contributed by atoms with Gasteiger partial charge in [0.2, 0.25) is 0 Å². The Morgan fingerprint density at radius 2 is 1.82 bits per heavy atom. The highest BCUT2D eigenvalue weighted by molar-refractivity contribution is 5.98. The lowest BCUT2D eigenvalue weighted by Gasteiger charge is -2.41. The summed E-state index contributed by atoms with van der Waals surface area (Å²) in [4.78, 5) is 20.9. The summed E-state index contributed by atoms with van der Waals surface area (Å²) in [5.74, 6) is -0.0360. The van der Waals surface area contributed by atoms with Crippen LogP contribution in [0.3, 0.4) is 0 Å². The summed E-state index contributed by atoms with van der Waals surface area (Å²) in [6.45, 7) is 5.56. The van der Waals surface area contributed by atoms with E-state index in [4.69, 9.17) is 4.98 Å². The highest BCUT2D eigenvalue weighted by Gasteiger charge is 2.42. The predicted octanol–water partition coefficient (Wildman–Crippen LogP) is 4.51. The van der Waals surface area contributed by atoms with Crippen LogP contribution in [0.2, 0.25) is 0 Å². The number of likely N-dealkylation sites (N-methyl/N-ethyl adjacent to an activating group) is 1. The van der Waals surface area contributed by atoms with Crippen LogP contribution in [0.1, 0.15) is 54.7 Å². The average Bonchev–Trinajstić information content (AvgIpc) is 3.38. The summed E-state index contributed by atoms with van der Waals surface area (Å²) >= 11 is 0. The van der Waals surface area contributed by atoms with Crippen LogP contribution in [-0.4, -0.2) is 69.8 Å². The number of aliphatic hydroxyl groups is 1. The molecule has 1 aliphatic heterocycles. The molecule has 2 aliphatic rings. The molecule has 2 unspecified atom stereocenters. The minimum absolute atomic E-state index is 0. The van der Waals surface area contributed by atoms with Crippen LogP contribution in [0, 0.1) is 0 Å². The molecule has 212 valence electrons. The monoisotopic (exact) mass is 573 g/mol. The van der Waals surface area contributed by atoms with Crippen LogP contribution in [0.5, 0.6) is 0 Å². The summed E-state index contributed by atoms with van der Waals surface area (Å²) in [6, 6.07) is 20.3. The van der Waals surface area contributed by atoms with Crippen LogP contribution < -0.4 is 10.6 Å². The molecule has 0 bridgehead atoms. The normalized spacial score (nSPS) is 23.0. The Kier molecular flexibility index (Phi) is 11.4. The number of hydrogen-bond acceptors (Lipinski definition) is 5. The van der Waals surface area contributed by atoms with Crippen LogP contribution in [0.15, 0.2) is 67.0 Å². The van der Waals surface area contributed by atoms with Gasteiger partial charge in [0.05, 0.1) is 23.7 Å². The fourth-order valence-electron chi connectivity index (χ4n) is 6.02. The van der Waals surface area contributed by atoms with Gasteiger partial charge in [-0.05, 0) is 31.4 Å². The Bertz CT molecular complexity index is 1180. The van der Waals surface area contributed by atoms with Crippen molar-refractivity contribution in [2.24, 2.45) is 0 Å². The predicted molar refractivity (Wildman–Crippen MR) is 161 cm³/mol. The van der Waals surface area contributed by atoms with Crippen LogP contribution in [-0.2, 0) is 6.42 Å². The van der Waals surface area contributed by atoms with Crippen molar-refractivity contribution in [1.82, 2.24) is 25.1 Å². The van der Waals surface area contributed by atoms with Gasteiger partial charge < -0.3 is 25.2 Å². The number of nitrogens with zero attached hydrogens (tertiary/aromatic N) is 3. The van der Waals surface area contributed by atoms with Crippen LogP contribution >= 0.6 is 24.8 Å². The summed E-state index contributed by atoms with van der Waals surface area (Å²) in [5, 5.41) is 18.6. The molecule has 0 radical (unpaired) electrons. The van der Waals surface area contributed by atoms with Crippen molar-refractivity contribution in [1.29, 1.82) is 0 Å². The summed E-state index contributed by atoms with van der Waals surface area (Å²) in [6.07, 6.45) is 6.23. The van der Waals surface area contributed by atoms with Gasteiger partial charge in [-0.15, -0.1) is 24.8 Å². The first-order chi connectivity index (χ1) is 18.1. The molecule has 5 rings (SSSR count). The van der Waals surface area contributed by atoms with E-state index in [1.54, 1.807) is 6.33 Å². The number of amides is 1. The zero-order valence-corrected chi connectivity index (χ0v) is 24.2. The van der Waals surface area contributed by atoms with E-state index in [9.17, 15) is 9.90 Å². The van der Waals surface area contributed by atoms with Gasteiger partial charge >= 0.3 is 0 Å². The van der Waals surface area contributed by atoms with Crippen LogP contribution in [0.25, 0.3) is 11.3 Å². The fraction of sp³-hybridized carbons (Fsp3) is 0.467. The summed E-state index contributed by atoms with van der Waals surface area (Å²) in [7, 11) is 0. The molecule has 3 atom stereocenters. The molecule has 1 aliphatic carbocycles. The molecule has 1 saturated carbocycles. The molecule has 1 amide bonds. The molecule has 1 aromatic heterocycles. The SMILES string of the molecule is CCNCC1(O)CCCCC1n1cnc(C(=O)N2CCNC[C@H]2Cc2ccccc2)c1-c1ccccc1.Cl.Cl. The number of carbonyl (C=O) groups is 1. The maximum absolute atomic E-state index is 14.2. The highest BCUT2D eigenvalue weighted by Crippen LogP contribution is 2.40. The lowest BCUT2D eigenvalue weighted by atomic mass is 9.79. The molecule has 0 spiro atoms. The zero-order valence-electron chi connectivity index (χ0n) is 22.6. The van der Waals surface area contributed by atoms with Gasteiger partial charge in [-0.2, -0.15) is 0 Å². The third kappa shape index (κ3) is 6.84. The standard InChI is InChI=1S/C30H39N5O2.2ClH/c1-2-31-21-30(37)16-10-9-15-26(30)35-22-33-27(28(35)24-13-7-4-8-14-24)29(36)34-18-17-32-20-25(34)19-23-11-5-3-6-12-23;;/h3-8,11-14,22,25-26,31-32,37H,2,9-10,15-21H2,1H3;2*1H/t25-,26?,30?;;/m1../s1. The maximum atomic E-state index is 14.2. The van der Waals surface area contributed by atoms with Crippen LogP contribution in [0.4, 0.5) is 0 Å². The van der Waals surface area contributed by atoms with Crippen molar-refractivity contribution < 1.29 is 9.90 Å². The van der Waals surface area contributed by atoms with E-state index in [2.05, 4.69) is 34.3 Å². The van der Waals surface area contributed by atoms with E-state index in [-0.39, 0.29) is 42.8 Å². The topological polar surface area (TPSA) is 82.4 Å². The number of piperazine rings is 1. The fourth-order valence-corrected chi connectivity index (χ4v) is 6.02. The molecular formula is C30H41Cl2N5O2. The third-order valence-corrected chi connectivity index (χ3v) is 7.94. The first kappa shape index (κ1) is 31.1. The van der Waals surface area contributed by atoms with E-state index in [0.29, 0.717) is 18.8 Å². The zero-order chi connectivity index (χ0) is 25.7. The number of aromatic nitrogens is 2. The Labute approximate surface area is 244 Å². The van der Waals surface area contributed by atoms with Crippen molar-refractivity contribution in [3.8, 4) is 11.3 Å². The minimum atomic E-state index is -0.885. The van der Waals surface area contributed by atoms with Crippen molar-refractivity contribution in [3.63, 3.8) is 0 Å². The molecule has 3 aromatic rings. The summed E-state index contributed by atoms with van der Waals surface area (Å²) < 4.78 is 2.09. The van der Waals surface area contributed by atoms with Gasteiger partial charge in [0.15, 0.2) is 5.69 Å². The van der Waals surface area contributed by atoms with Crippen molar-refractivity contribution >= 4 is 30.7 Å². The third-order valence-electron chi connectivity index (χ3n) is 7.94. The minimum Gasteiger partial charge on any atom is -0.386 e. The largest absolute Gasteiger partial charge is 0.386 e. The Morgan fingerprint density at radius 1 is 1.10 bits per heavy atom. The first-order valence-electron chi connectivity index (χ1n) is 13.7.